The van der Waals surface area contributed by atoms with Gasteiger partial charge in [0.05, 0.1) is 5.69 Å². The molecule has 2 heterocycles. The van der Waals surface area contributed by atoms with E-state index in [0.29, 0.717) is 29.8 Å². The normalized spacial score (nSPS) is 12.5. The first-order valence-corrected chi connectivity index (χ1v) is 8.08. The summed E-state index contributed by atoms with van der Waals surface area (Å²) in [6.45, 7) is 3.95. The van der Waals surface area contributed by atoms with Crippen LogP contribution in [0.5, 0.6) is 0 Å². The van der Waals surface area contributed by atoms with Gasteiger partial charge in [0.1, 0.15) is 6.10 Å². The highest BCUT2D eigenvalue weighted by Crippen LogP contribution is 2.26. The Morgan fingerprint density at radius 2 is 1.96 bits per heavy atom. The van der Waals surface area contributed by atoms with Gasteiger partial charge in [-0.15, -0.1) is 0 Å². The highest BCUT2D eigenvalue weighted by Gasteiger charge is 2.22. The van der Waals surface area contributed by atoms with E-state index in [2.05, 4.69) is 22.0 Å². The molecule has 0 amide bonds. The van der Waals surface area contributed by atoms with E-state index in [1.54, 1.807) is 7.11 Å². The molecule has 0 aliphatic heterocycles. The molecule has 0 spiro atoms. The molecule has 0 N–H and O–H groups in total. The first-order valence-electron chi connectivity index (χ1n) is 8.08. The minimum absolute atomic E-state index is 0.275. The molecule has 0 aliphatic carbocycles. The number of ether oxygens (including phenoxy) is 1. The predicted octanol–water partition coefficient (Wildman–Crippen LogP) is 3.92. The van der Waals surface area contributed by atoms with Crippen LogP contribution in [-0.2, 0) is 17.6 Å². The second-order valence-electron chi connectivity index (χ2n) is 5.64. The van der Waals surface area contributed by atoms with Crippen molar-refractivity contribution in [2.75, 3.05) is 7.11 Å². The van der Waals surface area contributed by atoms with Crippen LogP contribution < -0.4 is 0 Å². The molecular formula is C18H21N3O3. The summed E-state index contributed by atoms with van der Waals surface area (Å²) in [4.78, 5) is 8.84. The molecule has 2 aromatic heterocycles. The van der Waals surface area contributed by atoms with Crippen LogP contribution in [0.4, 0.5) is 0 Å². The van der Waals surface area contributed by atoms with Gasteiger partial charge in [-0.05, 0) is 18.9 Å². The van der Waals surface area contributed by atoms with Crippen molar-refractivity contribution in [2.24, 2.45) is 0 Å². The molecule has 6 heteroatoms. The third-order valence-corrected chi connectivity index (χ3v) is 3.78. The number of methoxy groups -OCH3 is 1. The Morgan fingerprint density at radius 1 is 1.17 bits per heavy atom. The van der Waals surface area contributed by atoms with E-state index >= 15 is 0 Å². The van der Waals surface area contributed by atoms with Gasteiger partial charge in [0.2, 0.25) is 11.6 Å². The van der Waals surface area contributed by atoms with E-state index < -0.39 is 0 Å². The monoisotopic (exact) mass is 327 g/mol. The second kappa shape index (κ2) is 7.40. The predicted molar refractivity (Wildman–Crippen MR) is 88.4 cm³/mol. The third kappa shape index (κ3) is 3.54. The van der Waals surface area contributed by atoms with Crippen molar-refractivity contribution in [2.45, 2.75) is 39.2 Å². The Labute approximate surface area is 140 Å². The van der Waals surface area contributed by atoms with Gasteiger partial charge in [0.15, 0.2) is 5.89 Å². The lowest BCUT2D eigenvalue weighted by Crippen LogP contribution is -2.07. The van der Waals surface area contributed by atoms with Crippen LogP contribution >= 0.6 is 0 Å². The average Bonchev–Trinajstić information content (AvgIpc) is 3.20. The largest absolute Gasteiger partial charge is 0.435 e. The Morgan fingerprint density at radius 3 is 2.67 bits per heavy atom. The summed E-state index contributed by atoms with van der Waals surface area (Å²) < 4.78 is 16.6. The number of benzene rings is 1. The fourth-order valence-corrected chi connectivity index (χ4v) is 2.54. The van der Waals surface area contributed by atoms with E-state index in [0.717, 1.165) is 24.1 Å². The van der Waals surface area contributed by atoms with Crippen molar-refractivity contribution in [3.8, 4) is 11.7 Å². The maximum absolute atomic E-state index is 5.74. The molecule has 0 radical (unpaired) electrons. The first-order chi connectivity index (χ1) is 11.7. The van der Waals surface area contributed by atoms with Crippen molar-refractivity contribution >= 4 is 0 Å². The van der Waals surface area contributed by atoms with E-state index in [9.17, 15) is 0 Å². The molecule has 6 nitrogen and oxygen atoms in total. The summed E-state index contributed by atoms with van der Waals surface area (Å²) in [5.41, 5.74) is 1.91. The number of rotatable bonds is 7. The molecule has 3 rings (SSSR count). The molecule has 0 saturated carbocycles. The summed E-state index contributed by atoms with van der Waals surface area (Å²) in [7, 11) is 1.64. The maximum atomic E-state index is 5.74. The number of oxazole rings is 1. The molecule has 0 aliphatic rings. The van der Waals surface area contributed by atoms with Crippen molar-refractivity contribution in [3.05, 3.63) is 53.3 Å². The zero-order valence-corrected chi connectivity index (χ0v) is 14.2. The summed E-state index contributed by atoms with van der Waals surface area (Å²) in [5, 5.41) is 4.06. The van der Waals surface area contributed by atoms with Crippen LogP contribution in [0.25, 0.3) is 11.7 Å². The minimum Gasteiger partial charge on any atom is -0.435 e. The smallest absolute Gasteiger partial charge is 0.295 e. The van der Waals surface area contributed by atoms with Crippen LogP contribution in [0.3, 0.4) is 0 Å². The fraction of sp³-hybridized carbons (Fsp3) is 0.389. The zero-order valence-electron chi connectivity index (χ0n) is 14.2. The molecule has 0 fully saturated rings. The summed E-state index contributed by atoms with van der Waals surface area (Å²) >= 11 is 0. The molecule has 1 aromatic carbocycles. The average molecular weight is 327 g/mol. The van der Waals surface area contributed by atoms with Gasteiger partial charge in [0, 0.05) is 20.0 Å². The van der Waals surface area contributed by atoms with Gasteiger partial charge in [-0.3, -0.25) is 0 Å². The van der Waals surface area contributed by atoms with Crippen LogP contribution in [0.15, 0.2) is 39.3 Å². The number of hydrogen-bond acceptors (Lipinski definition) is 6. The van der Waals surface area contributed by atoms with E-state index in [-0.39, 0.29) is 6.10 Å². The van der Waals surface area contributed by atoms with Gasteiger partial charge < -0.3 is 13.7 Å². The van der Waals surface area contributed by atoms with Crippen molar-refractivity contribution in [1.29, 1.82) is 0 Å². The number of aromatic nitrogens is 3. The Balaban J connectivity index is 1.81. The van der Waals surface area contributed by atoms with Crippen molar-refractivity contribution in [3.63, 3.8) is 0 Å². The molecule has 24 heavy (non-hydrogen) atoms. The highest BCUT2D eigenvalue weighted by atomic mass is 16.5. The standard InChI is InChI=1S/C18H21N3O3/c1-4-8-15-19-12(2)16(23-15)18-20-17(21-24-18)14(22-3)11-13-9-6-5-7-10-13/h5-7,9-10,14H,4,8,11H2,1-3H3. The summed E-state index contributed by atoms with van der Waals surface area (Å²) in [6.07, 6.45) is 2.16. The molecule has 0 bridgehead atoms. The van der Waals surface area contributed by atoms with Crippen LogP contribution in [-0.4, -0.2) is 22.2 Å². The van der Waals surface area contributed by atoms with Gasteiger partial charge >= 0.3 is 0 Å². The van der Waals surface area contributed by atoms with Crippen molar-refractivity contribution in [1.82, 2.24) is 15.1 Å². The highest BCUT2D eigenvalue weighted by molar-refractivity contribution is 5.47. The second-order valence-corrected chi connectivity index (χ2v) is 5.64. The molecular weight excluding hydrogens is 306 g/mol. The van der Waals surface area contributed by atoms with Gasteiger partial charge in [0.25, 0.3) is 5.89 Å². The van der Waals surface area contributed by atoms with Crippen molar-refractivity contribution < 1.29 is 13.7 Å². The fourth-order valence-electron chi connectivity index (χ4n) is 2.54. The maximum Gasteiger partial charge on any atom is 0.295 e. The molecule has 0 saturated heterocycles. The number of hydrogen-bond donors (Lipinski definition) is 0. The Bertz CT molecular complexity index is 780. The Hall–Kier alpha value is -2.47. The Kier molecular flexibility index (Phi) is 5.05. The van der Waals surface area contributed by atoms with Gasteiger partial charge in [-0.1, -0.05) is 42.4 Å². The first kappa shape index (κ1) is 16.4. The molecule has 3 aromatic rings. The van der Waals surface area contributed by atoms with E-state index in [4.69, 9.17) is 13.7 Å². The minimum atomic E-state index is -0.275. The summed E-state index contributed by atoms with van der Waals surface area (Å²) in [6, 6.07) is 10.1. The third-order valence-electron chi connectivity index (χ3n) is 3.78. The molecule has 126 valence electrons. The van der Waals surface area contributed by atoms with Crippen LogP contribution in [0.1, 0.15) is 42.4 Å². The lowest BCUT2D eigenvalue weighted by molar-refractivity contribution is 0.0938. The van der Waals surface area contributed by atoms with E-state index in [1.165, 1.54) is 0 Å². The summed E-state index contributed by atoms with van der Waals surface area (Å²) in [5.74, 6) is 2.07. The van der Waals surface area contributed by atoms with Gasteiger partial charge in [-0.25, -0.2) is 4.98 Å². The number of nitrogens with zero attached hydrogens (tertiary/aromatic N) is 3. The zero-order chi connectivity index (χ0) is 16.9. The van der Waals surface area contributed by atoms with Crippen LogP contribution in [0, 0.1) is 6.92 Å². The topological polar surface area (TPSA) is 74.2 Å². The lowest BCUT2D eigenvalue weighted by Gasteiger charge is -2.10. The van der Waals surface area contributed by atoms with E-state index in [1.807, 2.05) is 37.3 Å². The lowest BCUT2D eigenvalue weighted by atomic mass is 10.1. The SMILES string of the molecule is CCCc1nc(C)c(-c2nc(C(Cc3ccccc3)OC)no2)o1. The molecule has 1 unspecified atom stereocenters. The van der Waals surface area contributed by atoms with Gasteiger partial charge in [-0.2, -0.15) is 4.98 Å². The molecule has 1 atom stereocenters. The number of aryl methyl sites for hydroxylation is 2. The quantitative estimate of drug-likeness (QED) is 0.655. The van der Waals surface area contributed by atoms with Crippen LogP contribution in [0.2, 0.25) is 0 Å².